The third kappa shape index (κ3) is 6.67. The van der Waals surface area contributed by atoms with E-state index in [1.165, 1.54) is 19.1 Å². The van der Waals surface area contributed by atoms with Crippen LogP contribution in [0.1, 0.15) is 42.6 Å². The van der Waals surface area contributed by atoms with Gasteiger partial charge in [-0.3, -0.25) is 24.6 Å². The Balaban J connectivity index is 1.54. The lowest BCUT2D eigenvalue weighted by molar-refractivity contribution is -0.147. The highest BCUT2D eigenvalue weighted by Crippen LogP contribution is 2.39. The van der Waals surface area contributed by atoms with E-state index in [9.17, 15) is 14.4 Å². The number of amides is 3. The Hall–Kier alpha value is -4.51. The van der Waals surface area contributed by atoms with Gasteiger partial charge in [-0.05, 0) is 38.3 Å². The first-order valence-corrected chi connectivity index (χ1v) is 14.9. The molecule has 2 heterocycles. The number of nitrogens with zero attached hydrogens (tertiary/aromatic N) is 4. The maximum atomic E-state index is 14.2. The number of benzene rings is 2. The number of aromatic nitrogens is 2. The van der Waals surface area contributed by atoms with Crippen LogP contribution >= 0.6 is 11.6 Å². The van der Waals surface area contributed by atoms with Crippen LogP contribution in [-0.4, -0.2) is 58.8 Å². The molecular formula is C32H35ClN6O5. The molecule has 1 aromatic heterocycles. The Morgan fingerprint density at radius 2 is 1.59 bits per heavy atom. The van der Waals surface area contributed by atoms with Crippen LogP contribution in [-0.2, 0) is 20.8 Å². The van der Waals surface area contributed by atoms with Gasteiger partial charge in [0.2, 0.25) is 23.7 Å². The first-order chi connectivity index (χ1) is 21.2. The summed E-state index contributed by atoms with van der Waals surface area (Å²) in [6, 6.07) is 13.1. The number of nitrogens with one attached hydrogen (secondary N) is 2. The normalized spacial score (nSPS) is 18.9. The lowest BCUT2D eigenvalue weighted by atomic mass is 9.81. The molecular weight excluding hydrogens is 584 g/mol. The summed E-state index contributed by atoms with van der Waals surface area (Å²) in [6.45, 7) is 3.62. The van der Waals surface area contributed by atoms with Crippen molar-refractivity contribution in [1.29, 1.82) is 0 Å². The number of anilines is 1. The number of hydrogen-bond donors (Lipinski definition) is 2. The Kier molecular flexibility index (Phi) is 9.43. The van der Waals surface area contributed by atoms with Gasteiger partial charge in [0, 0.05) is 29.9 Å². The van der Waals surface area contributed by atoms with E-state index >= 15 is 0 Å². The van der Waals surface area contributed by atoms with E-state index in [1.807, 2.05) is 44.2 Å². The van der Waals surface area contributed by atoms with Gasteiger partial charge in [-0.2, -0.15) is 4.99 Å². The van der Waals surface area contributed by atoms with Crippen molar-refractivity contribution in [3.63, 3.8) is 0 Å². The van der Waals surface area contributed by atoms with Gasteiger partial charge in [-0.25, -0.2) is 9.97 Å². The number of imide groups is 1. The Morgan fingerprint density at radius 1 is 0.977 bits per heavy atom. The number of carbonyl (C=O) groups excluding carboxylic acids is 3. The lowest BCUT2D eigenvalue weighted by Gasteiger charge is -2.26. The van der Waals surface area contributed by atoms with E-state index in [1.54, 1.807) is 18.2 Å². The Labute approximate surface area is 261 Å². The van der Waals surface area contributed by atoms with Crippen molar-refractivity contribution >= 4 is 46.9 Å². The summed E-state index contributed by atoms with van der Waals surface area (Å²) in [6.07, 6.45) is 3.18. The predicted octanol–water partition coefficient (Wildman–Crippen LogP) is 4.77. The minimum atomic E-state index is -1.11. The quantitative estimate of drug-likeness (QED) is 0.209. The summed E-state index contributed by atoms with van der Waals surface area (Å²) < 4.78 is 10.9. The molecule has 0 spiro atoms. The highest BCUT2D eigenvalue weighted by molar-refractivity contribution is 6.32. The SMILES string of the molecule is COc1cc(NC(=Nc2nc(C)cc(C)n2)NC(=O)[C@H](Cc2ccccc2)N2C(=O)[C@H]3CCCC[C@H]3C2=O)c(OC)cc1Cl. The Bertz CT molecular complexity index is 1550. The van der Waals surface area contributed by atoms with Crippen molar-refractivity contribution in [3.05, 3.63) is 70.5 Å². The second-order valence-electron chi connectivity index (χ2n) is 11.0. The number of ether oxygens (including phenoxy) is 2. The summed E-state index contributed by atoms with van der Waals surface area (Å²) in [5.74, 6) is -1.22. The number of likely N-dealkylation sites (tertiary alicyclic amines) is 1. The molecule has 2 aromatic carbocycles. The molecule has 2 fully saturated rings. The molecule has 5 rings (SSSR count). The summed E-state index contributed by atoms with van der Waals surface area (Å²) >= 11 is 6.31. The summed E-state index contributed by atoms with van der Waals surface area (Å²) in [5, 5.41) is 6.23. The van der Waals surface area contributed by atoms with Crippen molar-refractivity contribution in [2.75, 3.05) is 19.5 Å². The molecule has 1 aliphatic carbocycles. The van der Waals surface area contributed by atoms with Crippen LogP contribution in [0.3, 0.4) is 0 Å². The van der Waals surface area contributed by atoms with Crippen molar-refractivity contribution < 1.29 is 23.9 Å². The van der Waals surface area contributed by atoms with Crippen LogP contribution in [0.15, 0.2) is 53.5 Å². The molecule has 11 nitrogen and oxygen atoms in total. The standard InChI is InChI=1S/C32H35ClN6O5/c1-18-14-19(2)35-31(34-18)38-32(36-24-17-26(43-3)23(33)16-27(24)44-4)37-28(40)25(15-20-10-6-5-7-11-20)39-29(41)21-12-8-9-13-22(21)30(39)42/h5-7,10-11,14,16-17,21-22,25H,8-9,12-13,15H2,1-4H3,(H2,34,35,36,37,38,40)/t21-,22+,25-/m0/s1. The molecule has 1 saturated heterocycles. The third-order valence-electron chi connectivity index (χ3n) is 7.91. The lowest BCUT2D eigenvalue weighted by Crippen LogP contribution is -2.53. The molecule has 1 saturated carbocycles. The second-order valence-corrected chi connectivity index (χ2v) is 11.4. The smallest absolute Gasteiger partial charge is 0.253 e. The first-order valence-electron chi connectivity index (χ1n) is 14.5. The van der Waals surface area contributed by atoms with Crippen molar-refractivity contribution in [3.8, 4) is 11.5 Å². The summed E-state index contributed by atoms with van der Waals surface area (Å²) in [5.41, 5.74) is 2.56. The van der Waals surface area contributed by atoms with Gasteiger partial charge in [-0.1, -0.05) is 54.8 Å². The molecule has 3 atom stereocenters. The number of guanidine groups is 1. The van der Waals surface area contributed by atoms with Crippen LogP contribution in [0.2, 0.25) is 5.02 Å². The third-order valence-corrected chi connectivity index (χ3v) is 8.21. The number of aliphatic imine (C=N–C) groups is 1. The van der Waals surface area contributed by atoms with Crippen LogP contribution in [0.25, 0.3) is 0 Å². The average molecular weight is 619 g/mol. The maximum Gasteiger partial charge on any atom is 0.253 e. The molecule has 3 amide bonds. The fraction of sp³-hybridized carbons (Fsp3) is 0.375. The van der Waals surface area contributed by atoms with E-state index < -0.39 is 23.8 Å². The fourth-order valence-corrected chi connectivity index (χ4v) is 6.09. The monoisotopic (exact) mass is 618 g/mol. The zero-order valence-electron chi connectivity index (χ0n) is 25.1. The fourth-order valence-electron chi connectivity index (χ4n) is 5.86. The minimum Gasteiger partial charge on any atom is -0.495 e. The maximum absolute atomic E-state index is 14.2. The number of methoxy groups -OCH3 is 2. The van der Waals surface area contributed by atoms with E-state index in [-0.39, 0.29) is 30.1 Å². The molecule has 44 heavy (non-hydrogen) atoms. The zero-order chi connectivity index (χ0) is 31.4. The summed E-state index contributed by atoms with van der Waals surface area (Å²) in [7, 11) is 2.96. The van der Waals surface area contributed by atoms with Crippen molar-refractivity contribution in [2.45, 2.75) is 52.0 Å². The van der Waals surface area contributed by atoms with Crippen molar-refractivity contribution in [1.82, 2.24) is 20.2 Å². The number of carbonyl (C=O) groups is 3. The molecule has 230 valence electrons. The predicted molar refractivity (Wildman–Crippen MR) is 166 cm³/mol. The molecule has 0 bridgehead atoms. The number of fused-ring (bicyclic) bond motifs is 1. The van der Waals surface area contributed by atoms with E-state index in [0.29, 0.717) is 46.4 Å². The van der Waals surface area contributed by atoms with E-state index in [2.05, 4.69) is 25.6 Å². The molecule has 1 aliphatic heterocycles. The zero-order valence-corrected chi connectivity index (χ0v) is 25.9. The second kappa shape index (κ2) is 13.4. The number of rotatable bonds is 8. The molecule has 0 radical (unpaired) electrons. The van der Waals surface area contributed by atoms with Crippen LogP contribution < -0.4 is 20.1 Å². The minimum absolute atomic E-state index is 0.0442. The van der Waals surface area contributed by atoms with Crippen molar-refractivity contribution in [2.24, 2.45) is 16.8 Å². The van der Waals surface area contributed by atoms with Gasteiger partial charge in [0.25, 0.3) is 5.95 Å². The highest BCUT2D eigenvalue weighted by Gasteiger charge is 2.52. The van der Waals surface area contributed by atoms with Gasteiger partial charge >= 0.3 is 0 Å². The van der Waals surface area contributed by atoms with Gasteiger partial charge < -0.3 is 14.8 Å². The molecule has 2 aliphatic rings. The number of aryl methyl sites for hydroxylation is 2. The van der Waals surface area contributed by atoms with Gasteiger partial charge in [0.05, 0.1) is 36.8 Å². The van der Waals surface area contributed by atoms with Crippen LogP contribution in [0.4, 0.5) is 11.6 Å². The highest BCUT2D eigenvalue weighted by atomic mass is 35.5. The average Bonchev–Trinajstić information content (AvgIpc) is 3.25. The first kappa shape index (κ1) is 30.9. The number of halogens is 1. The van der Waals surface area contributed by atoms with E-state index in [4.69, 9.17) is 21.1 Å². The topological polar surface area (TPSA) is 135 Å². The molecule has 2 N–H and O–H groups in total. The summed E-state index contributed by atoms with van der Waals surface area (Å²) in [4.78, 5) is 55.9. The Morgan fingerprint density at radius 3 is 2.18 bits per heavy atom. The molecule has 0 unspecified atom stereocenters. The van der Waals surface area contributed by atoms with Gasteiger partial charge in [0.15, 0.2) is 0 Å². The van der Waals surface area contributed by atoms with Crippen LogP contribution in [0.5, 0.6) is 11.5 Å². The van der Waals surface area contributed by atoms with E-state index in [0.717, 1.165) is 18.4 Å². The van der Waals surface area contributed by atoms with Gasteiger partial charge in [0.1, 0.15) is 17.5 Å². The molecule has 12 heteroatoms. The number of hydrogen-bond acceptors (Lipinski definition) is 8. The molecule has 3 aromatic rings. The van der Waals surface area contributed by atoms with Crippen LogP contribution in [0, 0.1) is 25.7 Å². The van der Waals surface area contributed by atoms with Gasteiger partial charge in [-0.15, -0.1) is 0 Å². The largest absolute Gasteiger partial charge is 0.495 e.